The van der Waals surface area contributed by atoms with E-state index in [-0.39, 0.29) is 19.0 Å². The van der Waals surface area contributed by atoms with Crippen LogP contribution in [0.5, 0.6) is 5.75 Å². The number of thiophene rings is 1. The maximum absolute atomic E-state index is 12.3. The first kappa shape index (κ1) is 20.4. The van der Waals surface area contributed by atoms with Crippen LogP contribution in [0.4, 0.5) is 5.69 Å². The molecule has 2 aromatic rings. The summed E-state index contributed by atoms with van der Waals surface area (Å²) < 4.78 is 32.9. The molecule has 0 unspecified atom stereocenters. The Kier molecular flexibility index (Phi) is 7.19. The summed E-state index contributed by atoms with van der Waals surface area (Å²) in [6, 6.07) is 10.6. The predicted molar refractivity (Wildman–Crippen MR) is 105 cm³/mol. The molecule has 1 amide bonds. The van der Waals surface area contributed by atoms with E-state index in [0.717, 1.165) is 17.0 Å². The quantitative estimate of drug-likeness (QED) is 0.707. The number of nitrogens with zero attached hydrogens (tertiary/aromatic N) is 1. The third kappa shape index (κ3) is 5.30. The molecule has 26 heavy (non-hydrogen) atoms. The number of rotatable bonds is 9. The summed E-state index contributed by atoms with van der Waals surface area (Å²) in [6.07, 6.45) is 0.802. The van der Waals surface area contributed by atoms with Crippen molar-refractivity contribution in [2.45, 2.75) is 31.4 Å². The van der Waals surface area contributed by atoms with E-state index in [1.807, 2.05) is 19.9 Å². The SMILES string of the molecule is CCOc1ccc(N(CCNS(=O)(=O)c2ccc(CC)s2)C(C)=O)cc1. The molecule has 0 saturated heterocycles. The van der Waals surface area contributed by atoms with Crippen LogP contribution in [0.25, 0.3) is 0 Å². The van der Waals surface area contributed by atoms with E-state index in [1.165, 1.54) is 23.2 Å². The van der Waals surface area contributed by atoms with Crippen molar-refractivity contribution in [3.63, 3.8) is 0 Å². The zero-order valence-electron chi connectivity index (χ0n) is 15.2. The van der Waals surface area contributed by atoms with Gasteiger partial charge in [0.2, 0.25) is 15.9 Å². The second-order valence-corrected chi connectivity index (χ2v) is 8.73. The second-order valence-electron chi connectivity index (χ2n) is 5.57. The highest BCUT2D eigenvalue weighted by Gasteiger charge is 2.18. The molecule has 0 bridgehead atoms. The lowest BCUT2D eigenvalue weighted by Crippen LogP contribution is -2.37. The third-order valence-electron chi connectivity index (χ3n) is 3.72. The van der Waals surface area contributed by atoms with Gasteiger partial charge in [-0.15, -0.1) is 11.3 Å². The smallest absolute Gasteiger partial charge is 0.250 e. The lowest BCUT2D eigenvalue weighted by Gasteiger charge is -2.21. The highest BCUT2D eigenvalue weighted by atomic mass is 32.2. The lowest BCUT2D eigenvalue weighted by atomic mass is 10.2. The highest BCUT2D eigenvalue weighted by molar-refractivity contribution is 7.91. The van der Waals surface area contributed by atoms with Gasteiger partial charge >= 0.3 is 0 Å². The molecule has 0 spiro atoms. The van der Waals surface area contributed by atoms with Gasteiger partial charge in [-0.2, -0.15) is 0 Å². The van der Waals surface area contributed by atoms with E-state index in [4.69, 9.17) is 4.74 Å². The van der Waals surface area contributed by atoms with Gasteiger partial charge < -0.3 is 9.64 Å². The molecule has 0 aliphatic rings. The molecule has 0 aliphatic carbocycles. The fraction of sp³-hybridized carbons (Fsp3) is 0.389. The molecule has 2 rings (SSSR count). The number of amides is 1. The minimum absolute atomic E-state index is 0.133. The number of sulfonamides is 1. The van der Waals surface area contributed by atoms with Gasteiger partial charge in [-0.3, -0.25) is 4.79 Å². The van der Waals surface area contributed by atoms with Gasteiger partial charge in [-0.1, -0.05) is 6.92 Å². The van der Waals surface area contributed by atoms with Crippen LogP contribution < -0.4 is 14.4 Å². The first-order valence-corrected chi connectivity index (χ1v) is 10.8. The predicted octanol–water partition coefficient (Wildman–Crippen LogP) is 3.04. The Bertz CT molecular complexity index is 829. The molecular formula is C18H24N2O4S2. The van der Waals surface area contributed by atoms with E-state index >= 15 is 0 Å². The molecular weight excluding hydrogens is 372 g/mol. The lowest BCUT2D eigenvalue weighted by molar-refractivity contribution is -0.116. The largest absolute Gasteiger partial charge is 0.494 e. The number of ether oxygens (including phenoxy) is 1. The Morgan fingerprint density at radius 1 is 1.15 bits per heavy atom. The Morgan fingerprint density at radius 3 is 2.38 bits per heavy atom. The Labute approximate surface area is 158 Å². The van der Waals surface area contributed by atoms with Gasteiger partial charge in [-0.05, 0) is 49.7 Å². The molecule has 8 heteroatoms. The Balaban J connectivity index is 2.01. The summed E-state index contributed by atoms with van der Waals surface area (Å²) in [5.41, 5.74) is 0.699. The van der Waals surface area contributed by atoms with E-state index in [9.17, 15) is 13.2 Å². The van der Waals surface area contributed by atoms with Crippen LogP contribution in [0, 0.1) is 0 Å². The van der Waals surface area contributed by atoms with Gasteiger partial charge in [0, 0.05) is 30.6 Å². The van der Waals surface area contributed by atoms with Gasteiger partial charge in [-0.25, -0.2) is 13.1 Å². The molecule has 142 valence electrons. The maximum Gasteiger partial charge on any atom is 0.250 e. The first-order chi connectivity index (χ1) is 12.4. The van der Waals surface area contributed by atoms with E-state index in [1.54, 1.807) is 30.3 Å². The molecule has 6 nitrogen and oxygen atoms in total. The second kappa shape index (κ2) is 9.16. The van der Waals surface area contributed by atoms with Crippen molar-refractivity contribution in [1.29, 1.82) is 0 Å². The molecule has 0 saturated carbocycles. The van der Waals surface area contributed by atoms with Crippen LogP contribution in [0.2, 0.25) is 0 Å². The molecule has 1 heterocycles. The van der Waals surface area contributed by atoms with E-state index < -0.39 is 10.0 Å². The molecule has 1 aromatic carbocycles. The molecule has 0 radical (unpaired) electrons. The average Bonchev–Trinajstić information content (AvgIpc) is 3.10. The van der Waals surface area contributed by atoms with Crippen molar-refractivity contribution in [2.24, 2.45) is 0 Å². The van der Waals surface area contributed by atoms with Crippen molar-refractivity contribution in [3.05, 3.63) is 41.3 Å². The Morgan fingerprint density at radius 2 is 1.85 bits per heavy atom. The van der Waals surface area contributed by atoms with E-state index in [2.05, 4.69) is 4.72 Å². The molecule has 1 aromatic heterocycles. The molecule has 0 atom stereocenters. The van der Waals surface area contributed by atoms with Crippen LogP contribution in [0.3, 0.4) is 0 Å². The van der Waals surface area contributed by atoms with Crippen LogP contribution in [-0.2, 0) is 21.2 Å². The normalized spacial score (nSPS) is 11.3. The summed E-state index contributed by atoms with van der Waals surface area (Å²) >= 11 is 1.26. The number of aryl methyl sites for hydroxylation is 1. The number of nitrogens with one attached hydrogen (secondary N) is 1. The summed E-state index contributed by atoms with van der Waals surface area (Å²) in [4.78, 5) is 14.5. The van der Waals surface area contributed by atoms with Gasteiger partial charge in [0.25, 0.3) is 0 Å². The number of carbonyl (C=O) groups excluding carboxylic acids is 1. The number of carbonyl (C=O) groups is 1. The minimum atomic E-state index is -3.56. The van der Waals surface area contributed by atoms with Crippen molar-refractivity contribution in [2.75, 3.05) is 24.6 Å². The molecule has 1 N–H and O–H groups in total. The summed E-state index contributed by atoms with van der Waals surface area (Å²) in [7, 11) is -3.56. The van der Waals surface area contributed by atoms with Gasteiger partial charge in [0.1, 0.15) is 9.96 Å². The van der Waals surface area contributed by atoms with Crippen molar-refractivity contribution >= 4 is 33.0 Å². The molecule has 0 fully saturated rings. The zero-order valence-corrected chi connectivity index (χ0v) is 16.8. The number of hydrogen-bond donors (Lipinski definition) is 1. The summed E-state index contributed by atoms with van der Waals surface area (Å²) in [5, 5.41) is 0. The highest BCUT2D eigenvalue weighted by Crippen LogP contribution is 2.22. The van der Waals surface area contributed by atoms with Gasteiger partial charge in [0.05, 0.1) is 6.61 Å². The van der Waals surface area contributed by atoms with Crippen LogP contribution >= 0.6 is 11.3 Å². The van der Waals surface area contributed by atoms with Crippen LogP contribution in [0.15, 0.2) is 40.6 Å². The van der Waals surface area contributed by atoms with Gasteiger partial charge in [0.15, 0.2) is 0 Å². The summed E-state index contributed by atoms with van der Waals surface area (Å²) in [6.45, 7) is 6.29. The van der Waals surface area contributed by atoms with Crippen LogP contribution in [0.1, 0.15) is 25.6 Å². The van der Waals surface area contributed by atoms with Crippen molar-refractivity contribution in [3.8, 4) is 5.75 Å². The monoisotopic (exact) mass is 396 g/mol. The topological polar surface area (TPSA) is 75.7 Å². The first-order valence-electron chi connectivity index (χ1n) is 8.46. The van der Waals surface area contributed by atoms with Crippen molar-refractivity contribution < 1.29 is 17.9 Å². The third-order valence-corrected chi connectivity index (χ3v) is 6.90. The average molecular weight is 397 g/mol. The maximum atomic E-state index is 12.3. The standard InChI is InChI=1S/C18H24N2O4S2/c1-4-17-10-11-18(25-17)26(22,23)19-12-13-20(14(3)21)15-6-8-16(9-7-15)24-5-2/h6-11,19H,4-5,12-13H2,1-3H3. The number of anilines is 1. The van der Waals surface area contributed by atoms with E-state index in [0.29, 0.717) is 16.5 Å². The Hall–Kier alpha value is -1.90. The minimum Gasteiger partial charge on any atom is -0.494 e. The fourth-order valence-corrected chi connectivity index (χ4v) is 4.77. The number of hydrogen-bond acceptors (Lipinski definition) is 5. The molecule has 0 aliphatic heterocycles. The fourth-order valence-electron chi connectivity index (χ4n) is 2.41. The zero-order chi connectivity index (χ0) is 19.2. The summed E-state index contributed by atoms with van der Waals surface area (Å²) in [5.74, 6) is 0.572. The van der Waals surface area contributed by atoms with Crippen LogP contribution in [-0.4, -0.2) is 34.0 Å². The number of benzene rings is 1. The van der Waals surface area contributed by atoms with Crippen molar-refractivity contribution in [1.82, 2.24) is 4.72 Å².